The van der Waals surface area contributed by atoms with Crippen molar-refractivity contribution in [3.8, 4) is 0 Å². The van der Waals surface area contributed by atoms with E-state index in [1.165, 1.54) is 0 Å². The van der Waals surface area contributed by atoms with Crippen molar-refractivity contribution in [3.05, 3.63) is 11.4 Å². The first-order valence-corrected chi connectivity index (χ1v) is 7.66. The molecule has 0 bridgehead atoms. The summed E-state index contributed by atoms with van der Waals surface area (Å²) in [4.78, 5) is 11.6. The van der Waals surface area contributed by atoms with Gasteiger partial charge >= 0.3 is 0 Å². The van der Waals surface area contributed by atoms with Crippen molar-refractivity contribution in [3.63, 3.8) is 0 Å². The first kappa shape index (κ1) is 15.0. The van der Waals surface area contributed by atoms with Crippen LogP contribution in [0.4, 0.5) is 11.6 Å². The lowest BCUT2D eigenvalue weighted by molar-refractivity contribution is 0.238. The van der Waals surface area contributed by atoms with E-state index >= 15 is 0 Å². The highest BCUT2D eigenvalue weighted by molar-refractivity contribution is 5.59. The van der Waals surface area contributed by atoms with Gasteiger partial charge in [-0.25, -0.2) is 9.97 Å². The molecule has 5 nitrogen and oxygen atoms in total. The molecule has 112 valence electrons. The van der Waals surface area contributed by atoms with Crippen LogP contribution in [0.3, 0.4) is 0 Å². The topological polar surface area (TPSA) is 61.3 Å². The third kappa shape index (κ3) is 3.20. The maximum atomic E-state index is 9.30. The van der Waals surface area contributed by atoms with Gasteiger partial charge in [-0.2, -0.15) is 0 Å². The van der Waals surface area contributed by atoms with Crippen LogP contribution < -0.4 is 10.2 Å². The Bertz CT molecular complexity index is 450. The van der Waals surface area contributed by atoms with Crippen molar-refractivity contribution in [1.82, 2.24) is 9.97 Å². The highest BCUT2D eigenvalue weighted by atomic mass is 16.3. The highest BCUT2D eigenvalue weighted by Crippen LogP contribution is 2.28. The van der Waals surface area contributed by atoms with Crippen molar-refractivity contribution in [1.29, 1.82) is 0 Å². The molecule has 5 heteroatoms. The van der Waals surface area contributed by atoms with E-state index in [4.69, 9.17) is 4.98 Å². The first-order chi connectivity index (χ1) is 9.69. The van der Waals surface area contributed by atoms with Crippen molar-refractivity contribution >= 4 is 11.6 Å². The molecule has 1 aromatic heterocycles. The summed E-state index contributed by atoms with van der Waals surface area (Å²) in [6.45, 7) is 9.38. The van der Waals surface area contributed by atoms with Gasteiger partial charge in [-0.05, 0) is 19.8 Å². The molecule has 0 aromatic carbocycles. The first-order valence-electron chi connectivity index (χ1n) is 7.66. The summed E-state index contributed by atoms with van der Waals surface area (Å²) in [6.07, 6.45) is 2.96. The van der Waals surface area contributed by atoms with Crippen LogP contribution >= 0.6 is 0 Å². The lowest BCUT2D eigenvalue weighted by atomic mass is 10.1. The fraction of sp³-hybridized carbons (Fsp3) is 0.733. The molecule has 1 aliphatic rings. The minimum Gasteiger partial charge on any atom is -0.396 e. The molecule has 20 heavy (non-hydrogen) atoms. The lowest BCUT2D eigenvalue weighted by Crippen LogP contribution is -2.24. The summed E-state index contributed by atoms with van der Waals surface area (Å²) in [5.41, 5.74) is 1.12. The summed E-state index contributed by atoms with van der Waals surface area (Å²) in [7, 11) is 0. The Morgan fingerprint density at radius 1 is 1.35 bits per heavy atom. The molecule has 0 radical (unpaired) electrons. The maximum absolute atomic E-state index is 9.30. The van der Waals surface area contributed by atoms with E-state index in [-0.39, 0.29) is 6.61 Å². The summed E-state index contributed by atoms with van der Waals surface area (Å²) in [5.74, 6) is 3.26. The van der Waals surface area contributed by atoms with Gasteiger partial charge in [-0.15, -0.1) is 0 Å². The molecule has 2 N–H and O–H groups in total. The molecule has 2 rings (SSSR count). The van der Waals surface area contributed by atoms with Gasteiger partial charge in [0.1, 0.15) is 17.5 Å². The molecule has 2 heterocycles. The average Bonchev–Trinajstić information content (AvgIpc) is 2.95. The zero-order valence-corrected chi connectivity index (χ0v) is 12.8. The molecule has 0 aliphatic carbocycles. The van der Waals surface area contributed by atoms with E-state index in [1.54, 1.807) is 0 Å². The van der Waals surface area contributed by atoms with Crippen molar-refractivity contribution in [2.75, 3.05) is 36.5 Å². The smallest absolute Gasteiger partial charge is 0.137 e. The van der Waals surface area contributed by atoms with Crippen molar-refractivity contribution in [2.45, 2.75) is 40.0 Å². The normalized spacial score (nSPS) is 18.6. The Kier molecular flexibility index (Phi) is 5.17. The second-order valence-electron chi connectivity index (χ2n) is 5.50. The summed E-state index contributed by atoms with van der Waals surface area (Å²) in [5, 5.41) is 12.7. The monoisotopic (exact) mass is 278 g/mol. The van der Waals surface area contributed by atoms with Crippen LogP contribution in [0.5, 0.6) is 0 Å². The minimum absolute atomic E-state index is 0.266. The van der Waals surface area contributed by atoms with E-state index in [2.05, 4.69) is 36.0 Å². The molecule has 0 spiro atoms. The lowest BCUT2D eigenvalue weighted by Gasteiger charge is -2.22. The predicted octanol–water partition coefficient (Wildman–Crippen LogP) is 1.99. The van der Waals surface area contributed by atoms with E-state index in [0.29, 0.717) is 5.92 Å². The number of hydrogen-bond donors (Lipinski definition) is 2. The molecule has 1 fully saturated rings. The standard InChI is InChI=1S/C15H26N4O/c1-4-7-16-14-11(3)15(18-13(5-2)17-14)19-8-6-12(9-19)10-20/h12,20H,4-10H2,1-3H3,(H,16,17,18). The molecule has 1 saturated heterocycles. The van der Waals surface area contributed by atoms with E-state index in [0.717, 1.165) is 61.9 Å². The number of aromatic nitrogens is 2. The van der Waals surface area contributed by atoms with Gasteiger partial charge in [0.25, 0.3) is 0 Å². The fourth-order valence-corrected chi connectivity index (χ4v) is 2.61. The number of hydrogen-bond acceptors (Lipinski definition) is 5. The van der Waals surface area contributed by atoms with Crippen molar-refractivity contribution in [2.24, 2.45) is 5.92 Å². The summed E-state index contributed by atoms with van der Waals surface area (Å²) in [6, 6.07) is 0. The molecule has 0 amide bonds. The van der Waals surface area contributed by atoms with Crippen LogP contribution in [0.1, 0.15) is 38.1 Å². The van der Waals surface area contributed by atoms with Gasteiger partial charge in [0.2, 0.25) is 0 Å². The van der Waals surface area contributed by atoms with Crippen LogP contribution in [0.2, 0.25) is 0 Å². The molecule has 1 aliphatic heterocycles. The Balaban J connectivity index is 2.26. The number of rotatable bonds is 6. The Morgan fingerprint density at radius 3 is 2.75 bits per heavy atom. The minimum atomic E-state index is 0.266. The van der Waals surface area contributed by atoms with Gasteiger partial charge in [0.15, 0.2) is 0 Å². The number of aliphatic hydroxyl groups excluding tert-OH is 1. The van der Waals surface area contributed by atoms with Gasteiger partial charge in [-0.1, -0.05) is 13.8 Å². The summed E-state index contributed by atoms with van der Waals surface area (Å²) >= 11 is 0. The molecule has 0 saturated carbocycles. The molecule has 1 aromatic rings. The highest BCUT2D eigenvalue weighted by Gasteiger charge is 2.25. The van der Waals surface area contributed by atoms with Gasteiger partial charge in [-0.3, -0.25) is 0 Å². The zero-order valence-electron chi connectivity index (χ0n) is 12.8. The second kappa shape index (κ2) is 6.88. The van der Waals surface area contributed by atoms with Crippen LogP contribution in [0.15, 0.2) is 0 Å². The van der Waals surface area contributed by atoms with E-state index in [1.807, 2.05) is 0 Å². The number of nitrogens with zero attached hydrogens (tertiary/aromatic N) is 3. The maximum Gasteiger partial charge on any atom is 0.137 e. The van der Waals surface area contributed by atoms with Crippen LogP contribution in [-0.4, -0.2) is 41.3 Å². The Labute approximate surface area is 121 Å². The van der Waals surface area contributed by atoms with E-state index < -0.39 is 0 Å². The predicted molar refractivity (Wildman–Crippen MR) is 82.3 cm³/mol. The van der Waals surface area contributed by atoms with Crippen LogP contribution in [0, 0.1) is 12.8 Å². The Morgan fingerprint density at radius 2 is 2.15 bits per heavy atom. The average molecular weight is 278 g/mol. The molecular formula is C15H26N4O. The number of aliphatic hydroxyl groups is 1. The van der Waals surface area contributed by atoms with Crippen LogP contribution in [-0.2, 0) is 6.42 Å². The quantitative estimate of drug-likeness (QED) is 0.833. The fourth-order valence-electron chi connectivity index (χ4n) is 2.61. The SMILES string of the molecule is CCCNc1nc(CC)nc(N2CCC(CO)C2)c1C. The van der Waals surface area contributed by atoms with E-state index in [9.17, 15) is 5.11 Å². The van der Waals surface area contributed by atoms with Gasteiger partial charge in [0, 0.05) is 44.1 Å². The third-order valence-electron chi connectivity index (χ3n) is 3.87. The van der Waals surface area contributed by atoms with Crippen molar-refractivity contribution < 1.29 is 5.11 Å². The zero-order chi connectivity index (χ0) is 14.5. The largest absolute Gasteiger partial charge is 0.396 e. The summed E-state index contributed by atoms with van der Waals surface area (Å²) < 4.78 is 0. The van der Waals surface area contributed by atoms with Gasteiger partial charge < -0.3 is 15.3 Å². The van der Waals surface area contributed by atoms with Crippen LogP contribution in [0.25, 0.3) is 0 Å². The third-order valence-corrected chi connectivity index (χ3v) is 3.87. The molecule has 1 unspecified atom stereocenters. The number of anilines is 2. The van der Waals surface area contributed by atoms with Gasteiger partial charge in [0.05, 0.1) is 0 Å². The molecule has 1 atom stereocenters. The number of aryl methyl sites for hydroxylation is 1. The second-order valence-corrected chi connectivity index (χ2v) is 5.50. The molecular weight excluding hydrogens is 252 g/mol. The number of nitrogens with one attached hydrogen (secondary N) is 1. The Hall–Kier alpha value is -1.36.